The number of likely N-dealkylation sites (tertiary alicyclic amines) is 1. The number of aliphatic imine (C=N–C) groups is 1. The molecule has 0 saturated carbocycles. The Morgan fingerprint density at radius 1 is 1.19 bits per heavy atom. The SMILES string of the molecule is CCNC(=NCCNC(=O)c1ccc(OC)cc1)N1CC(C)CC(C)C1.I. The van der Waals surface area contributed by atoms with Gasteiger partial charge < -0.3 is 20.3 Å². The first-order valence-electron chi connectivity index (χ1n) is 9.49. The predicted molar refractivity (Wildman–Crippen MR) is 121 cm³/mol. The summed E-state index contributed by atoms with van der Waals surface area (Å²) in [6.07, 6.45) is 1.27. The molecule has 2 unspecified atom stereocenters. The van der Waals surface area contributed by atoms with Crippen molar-refractivity contribution in [3.63, 3.8) is 0 Å². The summed E-state index contributed by atoms with van der Waals surface area (Å²) in [5, 5.41) is 6.30. The zero-order valence-corrected chi connectivity index (χ0v) is 19.2. The number of carbonyl (C=O) groups excluding carboxylic acids is 1. The van der Waals surface area contributed by atoms with Crippen molar-refractivity contribution in [2.75, 3.05) is 39.8 Å². The highest BCUT2D eigenvalue weighted by Gasteiger charge is 2.23. The molecule has 0 bridgehead atoms. The maximum absolute atomic E-state index is 12.2. The van der Waals surface area contributed by atoms with E-state index in [1.54, 1.807) is 31.4 Å². The maximum atomic E-state index is 12.2. The standard InChI is InChI=1S/C20H32N4O2.HI/c1-5-21-20(24-13-15(2)12-16(3)14-24)23-11-10-22-19(25)17-6-8-18(26-4)9-7-17;/h6-9,15-16H,5,10-14H2,1-4H3,(H,21,23)(H,22,25);1H. The molecule has 1 heterocycles. The van der Waals surface area contributed by atoms with Crippen LogP contribution in [0, 0.1) is 11.8 Å². The van der Waals surface area contributed by atoms with Gasteiger partial charge in [-0.3, -0.25) is 9.79 Å². The Morgan fingerprint density at radius 2 is 1.81 bits per heavy atom. The van der Waals surface area contributed by atoms with Crippen LogP contribution < -0.4 is 15.4 Å². The number of methoxy groups -OCH3 is 1. The molecular formula is C20H33IN4O2. The van der Waals surface area contributed by atoms with Gasteiger partial charge in [-0.05, 0) is 49.4 Å². The number of ether oxygens (including phenoxy) is 1. The van der Waals surface area contributed by atoms with Crippen LogP contribution in [0.4, 0.5) is 0 Å². The lowest BCUT2D eigenvalue weighted by Gasteiger charge is -2.37. The van der Waals surface area contributed by atoms with Crippen LogP contribution in [-0.4, -0.2) is 56.6 Å². The number of benzene rings is 1. The number of nitrogens with zero attached hydrogens (tertiary/aromatic N) is 2. The van der Waals surface area contributed by atoms with Gasteiger partial charge in [0.2, 0.25) is 0 Å². The van der Waals surface area contributed by atoms with Gasteiger partial charge in [0, 0.05) is 31.7 Å². The first-order chi connectivity index (χ1) is 12.5. The maximum Gasteiger partial charge on any atom is 0.251 e. The smallest absolute Gasteiger partial charge is 0.251 e. The minimum absolute atomic E-state index is 0. The van der Waals surface area contributed by atoms with Crippen LogP contribution in [0.5, 0.6) is 5.75 Å². The molecule has 1 aromatic carbocycles. The molecule has 1 saturated heterocycles. The number of halogens is 1. The molecule has 0 aromatic heterocycles. The zero-order chi connectivity index (χ0) is 18.9. The van der Waals surface area contributed by atoms with E-state index < -0.39 is 0 Å². The van der Waals surface area contributed by atoms with E-state index >= 15 is 0 Å². The van der Waals surface area contributed by atoms with Gasteiger partial charge in [-0.1, -0.05) is 13.8 Å². The third-order valence-corrected chi connectivity index (χ3v) is 4.51. The summed E-state index contributed by atoms with van der Waals surface area (Å²) in [6.45, 7) is 10.7. The lowest BCUT2D eigenvalue weighted by Crippen LogP contribution is -2.48. The van der Waals surface area contributed by atoms with E-state index in [0.717, 1.165) is 31.3 Å². The molecule has 1 fully saturated rings. The Bertz CT molecular complexity index is 597. The number of nitrogens with one attached hydrogen (secondary N) is 2. The van der Waals surface area contributed by atoms with Gasteiger partial charge in [-0.15, -0.1) is 24.0 Å². The first kappa shape index (κ1) is 23.5. The molecule has 0 radical (unpaired) electrons. The molecule has 7 heteroatoms. The zero-order valence-electron chi connectivity index (χ0n) is 16.8. The van der Waals surface area contributed by atoms with E-state index in [0.29, 0.717) is 30.5 Å². The second-order valence-corrected chi connectivity index (χ2v) is 7.07. The number of hydrogen-bond acceptors (Lipinski definition) is 3. The summed E-state index contributed by atoms with van der Waals surface area (Å²) in [6, 6.07) is 7.10. The fourth-order valence-corrected chi connectivity index (χ4v) is 3.44. The van der Waals surface area contributed by atoms with Crippen LogP contribution in [0.1, 0.15) is 37.6 Å². The number of guanidine groups is 1. The first-order valence-corrected chi connectivity index (χ1v) is 9.49. The lowest BCUT2D eigenvalue weighted by molar-refractivity contribution is 0.0954. The fraction of sp³-hybridized carbons (Fsp3) is 0.600. The minimum atomic E-state index is -0.0897. The Morgan fingerprint density at radius 3 is 2.37 bits per heavy atom. The van der Waals surface area contributed by atoms with Gasteiger partial charge in [0.15, 0.2) is 5.96 Å². The average Bonchev–Trinajstić information content (AvgIpc) is 2.63. The van der Waals surface area contributed by atoms with Crippen molar-refractivity contribution < 1.29 is 9.53 Å². The quantitative estimate of drug-likeness (QED) is 0.280. The molecule has 1 amide bonds. The Balaban J connectivity index is 0.00000364. The van der Waals surface area contributed by atoms with Crippen molar-refractivity contribution in [3.05, 3.63) is 29.8 Å². The topological polar surface area (TPSA) is 66.0 Å². The van der Waals surface area contributed by atoms with Crippen LogP contribution in [-0.2, 0) is 0 Å². The van der Waals surface area contributed by atoms with Gasteiger partial charge >= 0.3 is 0 Å². The fourth-order valence-electron chi connectivity index (χ4n) is 3.44. The van der Waals surface area contributed by atoms with E-state index in [1.807, 2.05) is 0 Å². The molecule has 152 valence electrons. The molecule has 27 heavy (non-hydrogen) atoms. The van der Waals surface area contributed by atoms with Crippen LogP contribution in [0.15, 0.2) is 29.3 Å². The third-order valence-electron chi connectivity index (χ3n) is 4.51. The van der Waals surface area contributed by atoms with Gasteiger partial charge in [-0.2, -0.15) is 0 Å². The van der Waals surface area contributed by atoms with Gasteiger partial charge in [0.1, 0.15) is 5.75 Å². The van der Waals surface area contributed by atoms with Gasteiger partial charge in [-0.25, -0.2) is 0 Å². The number of hydrogen-bond donors (Lipinski definition) is 2. The van der Waals surface area contributed by atoms with E-state index in [1.165, 1.54) is 6.42 Å². The molecule has 0 aliphatic carbocycles. The molecular weight excluding hydrogens is 455 g/mol. The Labute approximate surface area is 180 Å². The van der Waals surface area contributed by atoms with Crippen LogP contribution in [0.3, 0.4) is 0 Å². The molecule has 0 spiro atoms. The summed E-state index contributed by atoms with van der Waals surface area (Å²) < 4.78 is 5.11. The van der Waals surface area contributed by atoms with E-state index in [2.05, 4.69) is 36.3 Å². The third kappa shape index (κ3) is 7.56. The minimum Gasteiger partial charge on any atom is -0.497 e. The predicted octanol–water partition coefficient (Wildman–Crippen LogP) is 2.99. The number of piperidine rings is 1. The summed E-state index contributed by atoms with van der Waals surface area (Å²) in [7, 11) is 1.61. The largest absolute Gasteiger partial charge is 0.497 e. The Kier molecular flexibility index (Phi) is 10.5. The highest BCUT2D eigenvalue weighted by molar-refractivity contribution is 14.0. The Hall–Kier alpha value is -1.51. The van der Waals surface area contributed by atoms with E-state index in [9.17, 15) is 4.79 Å². The monoisotopic (exact) mass is 488 g/mol. The summed E-state index contributed by atoms with van der Waals surface area (Å²) >= 11 is 0. The normalized spacial score (nSPS) is 19.9. The molecule has 1 aliphatic heterocycles. The van der Waals surface area contributed by atoms with Crippen molar-refractivity contribution in [1.29, 1.82) is 0 Å². The van der Waals surface area contributed by atoms with Crippen molar-refractivity contribution in [2.45, 2.75) is 27.2 Å². The summed E-state index contributed by atoms with van der Waals surface area (Å²) in [5.74, 6) is 2.96. The lowest BCUT2D eigenvalue weighted by atomic mass is 9.92. The van der Waals surface area contributed by atoms with Crippen molar-refractivity contribution >= 4 is 35.8 Å². The van der Waals surface area contributed by atoms with E-state index in [4.69, 9.17) is 9.73 Å². The molecule has 2 atom stereocenters. The highest BCUT2D eigenvalue weighted by atomic mass is 127. The van der Waals surface area contributed by atoms with Crippen LogP contribution in [0.25, 0.3) is 0 Å². The molecule has 1 aromatic rings. The molecule has 1 aliphatic rings. The number of amides is 1. The average molecular weight is 488 g/mol. The van der Waals surface area contributed by atoms with Crippen LogP contribution in [0.2, 0.25) is 0 Å². The molecule has 6 nitrogen and oxygen atoms in total. The second-order valence-electron chi connectivity index (χ2n) is 7.07. The van der Waals surface area contributed by atoms with Crippen molar-refractivity contribution in [1.82, 2.24) is 15.5 Å². The molecule has 2 N–H and O–H groups in total. The van der Waals surface area contributed by atoms with Crippen molar-refractivity contribution in [2.24, 2.45) is 16.8 Å². The second kappa shape index (κ2) is 12.0. The number of carbonyl (C=O) groups is 1. The molecule has 2 rings (SSSR count). The van der Waals surface area contributed by atoms with Crippen LogP contribution >= 0.6 is 24.0 Å². The summed E-state index contributed by atoms with van der Waals surface area (Å²) in [4.78, 5) is 19.2. The highest BCUT2D eigenvalue weighted by Crippen LogP contribution is 2.20. The van der Waals surface area contributed by atoms with Gasteiger partial charge in [0.05, 0.1) is 13.7 Å². The summed E-state index contributed by atoms with van der Waals surface area (Å²) in [5.41, 5.74) is 0.625. The van der Waals surface area contributed by atoms with E-state index in [-0.39, 0.29) is 29.9 Å². The van der Waals surface area contributed by atoms with Crippen molar-refractivity contribution in [3.8, 4) is 5.75 Å². The number of rotatable bonds is 6. The van der Waals surface area contributed by atoms with Gasteiger partial charge in [0.25, 0.3) is 5.91 Å².